The molecule has 0 bridgehead atoms. The summed E-state index contributed by atoms with van der Waals surface area (Å²) in [5.74, 6) is 2.14. The van der Waals surface area contributed by atoms with Gasteiger partial charge < -0.3 is 14.6 Å². The van der Waals surface area contributed by atoms with Gasteiger partial charge in [0.2, 0.25) is 0 Å². The first-order valence-corrected chi connectivity index (χ1v) is 7.82. The van der Waals surface area contributed by atoms with Crippen LogP contribution in [0, 0.1) is 0 Å². The van der Waals surface area contributed by atoms with Gasteiger partial charge in [-0.15, -0.1) is 0 Å². The number of likely N-dealkylation sites (tertiary alicyclic amines) is 1. The van der Waals surface area contributed by atoms with E-state index in [1.54, 1.807) is 0 Å². The van der Waals surface area contributed by atoms with Crippen molar-refractivity contribution in [1.82, 2.24) is 10.2 Å². The fraction of sp³-hybridized carbons (Fsp3) is 0.750. The van der Waals surface area contributed by atoms with Crippen LogP contribution in [0.2, 0.25) is 0 Å². The first-order chi connectivity index (χ1) is 9.29. The molecule has 1 aliphatic heterocycles. The van der Waals surface area contributed by atoms with Crippen LogP contribution in [0.15, 0.2) is 16.5 Å². The minimum absolute atomic E-state index is 0.783. The van der Waals surface area contributed by atoms with E-state index in [1.807, 2.05) is 0 Å². The number of aryl methyl sites for hydroxylation is 1. The molecule has 3 nitrogen and oxygen atoms in total. The van der Waals surface area contributed by atoms with Crippen LogP contribution in [-0.4, -0.2) is 30.6 Å². The largest absolute Gasteiger partial charge is 0.465 e. The van der Waals surface area contributed by atoms with Gasteiger partial charge in [0.05, 0.1) is 6.54 Å². The van der Waals surface area contributed by atoms with Gasteiger partial charge in [-0.25, -0.2) is 0 Å². The van der Waals surface area contributed by atoms with Crippen molar-refractivity contribution in [3.8, 4) is 0 Å². The lowest BCUT2D eigenvalue weighted by Gasteiger charge is -2.33. The van der Waals surface area contributed by atoms with Crippen LogP contribution in [0.25, 0.3) is 0 Å². The van der Waals surface area contributed by atoms with Crippen molar-refractivity contribution >= 4 is 0 Å². The van der Waals surface area contributed by atoms with E-state index >= 15 is 0 Å². The molecule has 3 heteroatoms. The zero-order valence-electron chi connectivity index (χ0n) is 12.5. The van der Waals surface area contributed by atoms with Crippen LogP contribution in [0.4, 0.5) is 0 Å². The summed E-state index contributed by atoms with van der Waals surface area (Å²) in [6.45, 7) is 8.93. The van der Waals surface area contributed by atoms with Crippen molar-refractivity contribution in [3.63, 3.8) is 0 Å². The van der Waals surface area contributed by atoms with E-state index in [-0.39, 0.29) is 0 Å². The van der Waals surface area contributed by atoms with Crippen LogP contribution in [-0.2, 0) is 13.0 Å². The predicted octanol–water partition coefficient (Wildman–Crippen LogP) is 3.20. The van der Waals surface area contributed by atoms with Crippen LogP contribution >= 0.6 is 0 Å². The van der Waals surface area contributed by atoms with Gasteiger partial charge in [-0.3, -0.25) is 0 Å². The van der Waals surface area contributed by atoms with E-state index in [1.165, 1.54) is 38.8 Å². The SMILES string of the molecule is CCc1ccc(CNCCCN2CCCCC2C)o1. The second kappa shape index (κ2) is 7.71. The third-order valence-electron chi connectivity index (χ3n) is 4.10. The Bertz CT molecular complexity index is 361. The summed E-state index contributed by atoms with van der Waals surface area (Å²) in [5, 5.41) is 3.47. The molecule has 1 fully saturated rings. The highest BCUT2D eigenvalue weighted by Crippen LogP contribution is 2.16. The zero-order chi connectivity index (χ0) is 13.5. The minimum Gasteiger partial charge on any atom is -0.465 e. The van der Waals surface area contributed by atoms with Crippen molar-refractivity contribution in [2.24, 2.45) is 0 Å². The molecular weight excluding hydrogens is 236 g/mol. The fourth-order valence-electron chi connectivity index (χ4n) is 2.82. The van der Waals surface area contributed by atoms with Gasteiger partial charge in [0.15, 0.2) is 0 Å². The number of hydrogen-bond donors (Lipinski definition) is 1. The Morgan fingerprint density at radius 3 is 2.89 bits per heavy atom. The van der Waals surface area contributed by atoms with Gasteiger partial charge in [-0.1, -0.05) is 13.3 Å². The molecule has 0 amide bonds. The van der Waals surface area contributed by atoms with Crippen molar-refractivity contribution in [3.05, 3.63) is 23.7 Å². The maximum absolute atomic E-state index is 5.67. The van der Waals surface area contributed by atoms with E-state index in [0.717, 1.165) is 37.1 Å². The number of nitrogens with one attached hydrogen (secondary N) is 1. The number of hydrogen-bond acceptors (Lipinski definition) is 3. The number of furan rings is 1. The fourth-order valence-corrected chi connectivity index (χ4v) is 2.82. The highest BCUT2D eigenvalue weighted by Gasteiger charge is 2.16. The Labute approximate surface area is 117 Å². The molecule has 1 saturated heterocycles. The topological polar surface area (TPSA) is 28.4 Å². The minimum atomic E-state index is 0.783. The normalized spacial score (nSPS) is 20.8. The Morgan fingerprint density at radius 2 is 2.16 bits per heavy atom. The molecule has 0 aliphatic carbocycles. The maximum atomic E-state index is 5.67. The maximum Gasteiger partial charge on any atom is 0.117 e. The first kappa shape index (κ1) is 14.6. The van der Waals surface area contributed by atoms with Crippen molar-refractivity contribution in [2.45, 2.75) is 58.5 Å². The summed E-state index contributed by atoms with van der Waals surface area (Å²) < 4.78 is 5.67. The van der Waals surface area contributed by atoms with E-state index in [4.69, 9.17) is 4.42 Å². The summed E-state index contributed by atoms with van der Waals surface area (Å²) in [6.07, 6.45) is 6.37. The van der Waals surface area contributed by atoms with E-state index in [0.29, 0.717) is 0 Å². The average molecular weight is 264 g/mol. The third-order valence-corrected chi connectivity index (χ3v) is 4.10. The van der Waals surface area contributed by atoms with Gasteiger partial charge in [-0.05, 0) is 58.0 Å². The van der Waals surface area contributed by atoms with E-state index in [9.17, 15) is 0 Å². The molecule has 0 spiro atoms. The van der Waals surface area contributed by atoms with Crippen molar-refractivity contribution in [1.29, 1.82) is 0 Å². The molecule has 0 radical (unpaired) electrons. The lowest BCUT2D eigenvalue weighted by molar-refractivity contribution is 0.159. The van der Waals surface area contributed by atoms with Crippen molar-refractivity contribution in [2.75, 3.05) is 19.6 Å². The smallest absolute Gasteiger partial charge is 0.117 e. The van der Waals surface area contributed by atoms with Crippen LogP contribution in [0.1, 0.15) is 51.1 Å². The Balaban J connectivity index is 1.56. The lowest BCUT2D eigenvalue weighted by atomic mass is 10.0. The molecule has 2 rings (SSSR count). The number of rotatable bonds is 7. The quantitative estimate of drug-likeness (QED) is 0.767. The second-order valence-electron chi connectivity index (χ2n) is 5.63. The van der Waals surface area contributed by atoms with Gasteiger partial charge >= 0.3 is 0 Å². The lowest BCUT2D eigenvalue weighted by Crippen LogP contribution is -2.38. The highest BCUT2D eigenvalue weighted by atomic mass is 16.3. The summed E-state index contributed by atoms with van der Waals surface area (Å²) in [5.41, 5.74) is 0. The van der Waals surface area contributed by atoms with Gasteiger partial charge in [-0.2, -0.15) is 0 Å². The summed E-state index contributed by atoms with van der Waals surface area (Å²) >= 11 is 0. The van der Waals surface area contributed by atoms with E-state index in [2.05, 4.69) is 36.2 Å². The summed E-state index contributed by atoms with van der Waals surface area (Å²) in [6, 6.07) is 4.94. The highest BCUT2D eigenvalue weighted by molar-refractivity contribution is 5.06. The standard InChI is InChI=1S/C16H28N2O/c1-3-15-8-9-16(19-15)13-17-10-6-12-18-11-5-4-7-14(18)2/h8-9,14,17H,3-7,10-13H2,1-2H3. The summed E-state index contributed by atoms with van der Waals surface area (Å²) in [7, 11) is 0. The molecule has 1 aliphatic rings. The Kier molecular flexibility index (Phi) is 5.93. The average Bonchev–Trinajstić information content (AvgIpc) is 2.88. The first-order valence-electron chi connectivity index (χ1n) is 7.82. The molecule has 0 saturated carbocycles. The molecule has 0 aromatic carbocycles. The van der Waals surface area contributed by atoms with Crippen LogP contribution in [0.5, 0.6) is 0 Å². The summed E-state index contributed by atoms with van der Waals surface area (Å²) in [4.78, 5) is 2.63. The Hall–Kier alpha value is -0.800. The number of nitrogens with zero attached hydrogens (tertiary/aromatic N) is 1. The molecule has 1 unspecified atom stereocenters. The Morgan fingerprint density at radius 1 is 1.32 bits per heavy atom. The molecule has 1 N–H and O–H groups in total. The molecule has 2 heterocycles. The monoisotopic (exact) mass is 264 g/mol. The third kappa shape index (κ3) is 4.66. The molecule has 1 atom stereocenters. The predicted molar refractivity (Wildman–Crippen MR) is 79.3 cm³/mol. The van der Waals surface area contributed by atoms with Crippen molar-refractivity contribution < 1.29 is 4.42 Å². The molecule has 1 aromatic rings. The van der Waals surface area contributed by atoms with Gasteiger partial charge in [0, 0.05) is 12.5 Å². The van der Waals surface area contributed by atoms with Crippen LogP contribution in [0.3, 0.4) is 0 Å². The molecule has 1 aromatic heterocycles. The number of piperidine rings is 1. The van der Waals surface area contributed by atoms with Gasteiger partial charge in [0.25, 0.3) is 0 Å². The molecule has 108 valence electrons. The molecule has 19 heavy (non-hydrogen) atoms. The van der Waals surface area contributed by atoms with Gasteiger partial charge in [0.1, 0.15) is 11.5 Å². The van der Waals surface area contributed by atoms with Crippen LogP contribution < -0.4 is 5.32 Å². The van der Waals surface area contributed by atoms with E-state index < -0.39 is 0 Å². The molecular formula is C16H28N2O. The second-order valence-corrected chi connectivity index (χ2v) is 5.63. The zero-order valence-corrected chi connectivity index (χ0v) is 12.5.